The van der Waals surface area contributed by atoms with Gasteiger partial charge in [0, 0.05) is 6.61 Å². The van der Waals surface area contributed by atoms with Crippen molar-refractivity contribution in [1.82, 2.24) is 0 Å². The zero-order valence-corrected chi connectivity index (χ0v) is 13.5. The van der Waals surface area contributed by atoms with Gasteiger partial charge < -0.3 is 14.6 Å². The largest absolute Gasteiger partial charge is 0.633 e. The normalized spacial score (nSPS) is 12.0. The third-order valence-corrected chi connectivity index (χ3v) is 3.42. The summed E-state index contributed by atoms with van der Waals surface area (Å²) in [5.74, 6) is 0. The molecule has 0 aliphatic rings. The SMILES string of the molecule is CCCCCCCCCCCCOCC[N+](C)(C)[O-]. The third kappa shape index (κ3) is 17.9. The van der Waals surface area contributed by atoms with E-state index in [1.165, 1.54) is 57.8 Å². The first-order chi connectivity index (χ1) is 9.06. The van der Waals surface area contributed by atoms with Crippen LogP contribution in [0.5, 0.6) is 0 Å². The van der Waals surface area contributed by atoms with Crippen LogP contribution in [0, 0.1) is 5.21 Å². The van der Waals surface area contributed by atoms with Gasteiger partial charge in [0.1, 0.15) is 6.54 Å². The number of likely N-dealkylation sites (N-methyl/N-ethyl adjacent to an activating group) is 1. The van der Waals surface area contributed by atoms with Crippen molar-refractivity contribution in [3.63, 3.8) is 0 Å². The Bertz CT molecular complexity index is 178. The lowest BCUT2D eigenvalue weighted by atomic mass is 10.1. The average molecular weight is 273 g/mol. The Hall–Kier alpha value is -0.120. The van der Waals surface area contributed by atoms with Crippen molar-refractivity contribution in [2.45, 2.75) is 71.1 Å². The van der Waals surface area contributed by atoms with Gasteiger partial charge in [0.15, 0.2) is 0 Å². The Labute approximate surface area is 120 Å². The first-order valence-electron chi connectivity index (χ1n) is 8.18. The average Bonchev–Trinajstić information content (AvgIpc) is 2.34. The summed E-state index contributed by atoms with van der Waals surface area (Å²) in [5, 5.41) is 11.3. The topological polar surface area (TPSA) is 32.3 Å². The summed E-state index contributed by atoms with van der Waals surface area (Å²) in [6.45, 7) is 4.22. The highest BCUT2D eigenvalue weighted by atomic mass is 16.5. The van der Waals surface area contributed by atoms with Crippen LogP contribution in [0.25, 0.3) is 0 Å². The number of quaternary nitrogens is 1. The quantitative estimate of drug-likeness (QED) is 0.265. The van der Waals surface area contributed by atoms with E-state index in [1.54, 1.807) is 14.1 Å². The molecule has 0 bridgehead atoms. The van der Waals surface area contributed by atoms with Gasteiger partial charge in [-0.25, -0.2) is 0 Å². The molecular weight excluding hydrogens is 238 g/mol. The van der Waals surface area contributed by atoms with Gasteiger partial charge in [-0.3, -0.25) is 0 Å². The molecule has 0 heterocycles. The molecule has 0 amide bonds. The summed E-state index contributed by atoms with van der Waals surface area (Å²) in [4.78, 5) is 0. The van der Waals surface area contributed by atoms with E-state index in [-0.39, 0.29) is 4.65 Å². The fraction of sp³-hybridized carbons (Fsp3) is 1.00. The first kappa shape index (κ1) is 18.9. The Morgan fingerprint density at radius 2 is 1.21 bits per heavy atom. The predicted molar refractivity (Wildman–Crippen MR) is 83.0 cm³/mol. The number of ether oxygens (including phenoxy) is 1. The van der Waals surface area contributed by atoms with Crippen LogP contribution >= 0.6 is 0 Å². The summed E-state index contributed by atoms with van der Waals surface area (Å²) in [5.41, 5.74) is 0. The van der Waals surface area contributed by atoms with Crippen LogP contribution < -0.4 is 0 Å². The Kier molecular flexibility index (Phi) is 12.8. The monoisotopic (exact) mass is 273 g/mol. The van der Waals surface area contributed by atoms with Gasteiger partial charge in [-0.1, -0.05) is 64.7 Å². The molecule has 3 nitrogen and oxygen atoms in total. The number of hydrogen-bond acceptors (Lipinski definition) is 2. The van der Waals surface area contributed by atoms with Crippen molar-refractivity contribution in [1.29, 1.82) is 0 Å². The van der Waals surface area contributed by atoms with Crippen LogP contribution in [0.3, 0.4) is 0 Å². The molecule has 0 radical (unpaired) electrons. The molecule has 0 aliphatic carbocycles. The molecule has 0 saturated carbocycles. The van der Waals surface area contributed by atoms with Crippen LogP contribution in [-0.2, 0) is 4.74 Å². The van der Waals surface area contributed by atoms with Gasteiger partial charge in [-0.15, -0.1) is 0 Å². The van der Waals surface area contributed by atoms with E-state index in [0.29, 0.717) is 13.2 Å². The maximum absolute atomic E-state index is 11.3. The first-order valence-corrected chi connectivity index (χ1v) is 8.18. The fourth-order valence-corrected chi connectivity index (χ4v) is 2.08. The van der Waals surface area contributed by atoms with E-state index in [0.717, 1.165) is 13.0 Å². The fourth-order valence-electron chi connectivity index (χ4n) is 2.08. The van der Waals surface area contributed by atoms with Crippen molar-refractivity contribution in [2.24, 2.45) is 0 Å². The molecule has 0 rings (SSSR count). The van der Waals surface area contributed by atoms with Gasteiger partial charge in [-0.05, 0) is 6.42 Å². The number of hydroxylamine groups is 3. The molecule has 0 fully saturated rings. The second kappa shape index (κ2) is 12.9. The molecule has 0 aromatic rings. The summed E-state index contributed by atoms with van der Waals surface area (Å²) >= 11 is 0. The van der Waals surface area contributed by atoms with Gasteiger partial charge in [0.2, 0.25) is 0 Å². The molecule has 0 N–H and O–H groups in total. The number of nitrogens with zero attached hydrogens (tertiary/aromatic N) is 1. The van der Waals surface area contributed by atoms with E-state index in [9.17, 15) is 5.21 Å². The maximum atomic E-state index is 11.3. The highest BCUT2D eigenvalue weighted by molar-refractivity contribution is 4.47. The Balaban J connectivity index is 2.99. The third-order valence-electron chi connectivity index (χ3n) is 3.42. The molecule has 0 spiro atoms. The Morgan fingerprint density at radius 3 is 1.68 bits per heavy atom. The van der Waals surface area contributed by atoms with E-state index in [2.05, 4.69) is 6.92 Å². The molecular formula is C16H35NO2. The van der Waals surface area contributed by atoms with E-state index in [1.807, 2.05) is 0 Å². The Morgan fingerprint density at radius 1 is 0.737 bits per heavy atom. The molecule has 0 saturated heterocycles. The zero-order chi connectivity index (χ0) is 14.4. The number of rotatable bonds is 14. The molecule has 3 heteroatoms. The van der Waals surface area contributed by atoms with Crippen LogP contribution in [0.1, 0.15) is 71.1 Å². The second-order valence-electron chi connectivity index (χ2n) is 6.09. The van der Waals surface area contributed by atoms with Gasteiger partial charge >= 0.3 is 0 Å². The van der Waals surface area contributed by atoms with Crippen LogP contribution in [-0.4, -0.2) is 38.5 Å². The molecule has 0 aromatic heterocycles. The van der Waals surface area contributed by atoms with Gasteiger partial charge in [0.05, 0.1) is 20.7 Å². The summed E-state index contributed by atoms with van der Waals surface area (Å²) in [6, 6.07) is 0. The lowest BCUT2D eigenvalue weighted by molar-refractivity contribution is -0.840. The predicted octanol–water partition coefficient (Wildman–Crippen LogP) is 4.50. The lowest BCUT2D eigenvalue weighted by Crippen LogP contribution is -2.35. The minimum absolute atomic E-state index is 0.252. The van der Waals surface area contributed by atoms with Gasteiger partial charge in [0.25, 0.3) is 0 Å². The summed E-state index contributed by atoms with van der Waals surface area (Å²) in [7, 11) is 3.31. The lowest BCUT2D eigenvalue weighted by Gasteiger charge is -2.33. The molecule has 0 unspecified atom stereocenters. The van der Waals surface area contributed by atoms with Gasteiger partial charge in [-0.2, -0.15) is 0 Å². The van der Waals surface area contributed by atoms with Crippen LogP contribution in [0.4, 0.5) is 0 Å². The standard InChI is InChI=1S/C16H35NO2/c1-4-5-6-7-8-9-10-11-12-13-15-19-16-14-17(2,3)18/h4-16H2,1-3H3. The van der Waals surface area contributed by atoms with E-state index in [4.69, 9.17) is 4.74 Å². The highest BCUT2D eigenvalue weighted by Gasteiger charge is 2.00. The van der Waals surface area contributed by atoms with E-state index < -0.39 is 0 Å². The maximum Gasteiger partial charge on any atom is 0.102 e. The van der Waals surface area contributed by atoms with Crippen molar-refractivity contribution in [3.8, 4) is 0 Å². The minimum Gasteiger partial charge on any atom is -0.633 e. The molecule has 116 valence electrons. The second-order valence-corrected chi connectivity index (χ2v) is 6.09. The highest BCUT2D eigenvalue weighted by Crippen LogP contribution is 2.10. The number of unbranched alkanes of at least 4 members (excludes halogenated alkanes) is 9. The van der Waals surface area contributed by atoms with Crippen molar-refractivity contribution < 1.29 is 9.38 Å². The number of hydrogen-bond donors (Lipinski definition) is 0. The van der Waals surface area contributed by atoms with Crippen molar-refractivity contribution in [3.05, 3.63) is 5.21 Å². The van der Waals surface area contributed by atoms with Crippen LogP contribution in [0.15, 0.2) is 0 Å². The van der Waals surface area contributed by atoms with Crippen LogP contribution in [0.2, 0.25) is 0 Å². The van der Waals surface area contributed by atoms with Crippen molar-refractivity contribution in [2.75, 3.05) is 33.9 Å². The minimum atomic E-state index is -0.252. The molecule has 0 atom stereocenters. The smallest absolute Gasteiger partial charge is 0.102 e. The van der Waals surface area contributed by atoms with E-state index >= 15 is 0 Å². The zero-order valence-electron chi connectivity index (χ0n) is 13.5. The molecule has 0 aromatic carbocycles. The van der Waals surface area contributed by atoms with Crippen molar-refractivity contribution >= 4 is 0 Å². The molecule has 19 heavy (non-hydrogen) atoms. The summed E-state index contributed by atoms with van der Waals surface area (Å²) < 4.78 is 5.21. The molecule has 0 aliphatic heterocycles. The summed E-state index contributed by atoms with van der Waals surface area (Å²) in [6.07, 6.45) is 13.5.